The topological polar surface area (TPSA) is 41.9 Å². The second-order valence-electron chi connectivity index (χ2n) is 9.59. The van der Waals surface area contributed by atoms with Crippen molar-refractivity contribution in [1.29, 1.82) is 0 Å². The summed E-state index contributed by atoms with van der Waals surface area (Å²) in [5.41, 5.74) is 0.360. The fourth-order valence-corrected chi connectivity index (χ4v) is 5.41. The lowest BCUT2D eigenvalue weighted by Crippen LogP contribution is -2.47. The van der Waals surface area contributed by atoms with E-state index in [0.29, 0.717) is 24.6 Å². The Morgan fingerprint density at radius 3 is 2.42 bits per heavy atom. The van der Waals surface area contributed by atoms with Crippen LogP contribution in [-0.2, 0) is 6.54 Å². The van der Waals surface area contributed by atoms with Gasteiger partial charge in [-0.2, -0.15) is 13.2 Å². The largest absolute Gasteiger partial charge is 0.493 e. The highest BCUT2D eigenvalue weighted by molar-refractivity contribution is 5.45. The molecule has 1 aliphatic carbocycles. The molecule has 2 aromatic carbocycles. The van der Waals surface area contributed by atoms with E-state index in [1.165, 1.54) is 0 Å². The number of ether oxygens (including phenoxy) is 2. The summed E-state index contributed by atoms with van der Waals surface area (Å²) in [7, 11) is 1.56. The third-order valence-corrected chi connectivity index (χ3v) is 7.17. The minimum Gasteiger partial charge on any atom is -0.493 e. The molecule has 0 radical (unpaired) electrons. The summed E-state index contributed by atoms with van der Waals surface area (Å²) in [4.78, 5) is 2.00. The van der Waals surface area contributed by atoms with Gasteiger partial charge in [-0.05, 0) is 48.9 Å². The molecule has 0 aromatic heterocycles. The number of likely N-dealkylation sites (tertiary alicyclic amines) is 1. The van der Waals surface area contributed by atoms with Gasteiger partial charge in [0.05, 0.1) is 13.2 Å². The molecule has 7 heteroatoms. The molecule has 180 valence electrons. The molecule has 0 spiro atoms. The fourth-order valence-electron chi connectivity index (χ4n) is 5.41. The Hall–Kier alpha value is -2.25. The van der Waals surface area contributed by atoms with Crippen molar-refractivity contribution in [2.24, 2.45) is 5.41 Å². The van der Waals surface area contributed by atoms with Crippen molar-refractivity contribution >= 4 is 0 Å². The van der Waals surface area contributed by atoms with Crippen LogP contribution in [0.4, 0.5) is 13.2 Å². The smallest absolute Gasteiger partial charge is 0.414 e. The van der Waals surface area contributed by atoms with E-state index in [9.17, 15) is 18.3 Å². The van der Waals surface area contributed by atoms with E-state index in [4.69, 9.17) is 9.47 Å². The van der Waals surface area contributed by atoms with Crippen LogP contribution < -0.4 is 9.47 Å². The normalized spacial score (nSPS) is 25.3. The molecule has 2 aromatic rings. The van der Waals surface area contributed by atoms with Crippen molar-refractivity contribution in [2.75, 3.05) is 20.2 Å². The lowest BCUT2D eigenvalue weighted by molar-refractivity contribution is -0.237. The molecule has 0 amide bonds. The van der Waals surface area contributed by atoms with E-state index in [1.807, 2.05) is 41.3 Å². The Kier molecular flexibility index (Phi) is 6.91. The van der Waals surface area contributed by atoms with Gasteiger partial charge < -0.3 is 14.6 Å². The van der Waals surface area contributed by atoms with Crippen molar-refractivity contribution < 1.29 is 27.8 Å². The van der Waals surface area contributed by atoms with Gasteiger partial charge in [0.15, 0.2) is 17.6 Å². The average Bonchev–Trinajstić information content (AvgIpc) is 3.41. The van der Waals surface area contributed by atoms with Crippen LogP contribution in [-0.4, -0.2) is 48.6 Å². The first-order chi connectivity index (χ1) is 15.7. The van der Waals surface area contributed by atoms with Crippen LogP contribution in [0.2, 0.25) is 0 Å². The van der Waals surface area contributed by atoms with Crippen LogP contribution in [0.15, 0.2) is 48.5 Å². The van der Waals surface area contributed by atoms with Crippen molar-refractivity contribution in [1.82, 2.24) is 4.90 Å². The number of rotatable bonds is 7. The number of aliphatic hydroxyl groups is 1. The lowest BCUT2D eigenvalue weighted by atomic mass is 9.71. The maximum absolute atomic E-state index is 13.7. The Labute approximate surface area is 193 Å². The molecule has 1 heterocycles. The van der Waals surface area contributed by atoms with Crippen LogP contribution in [0.5, 0.6) is 11.5 Å². The van der Waals surface area contributed by atoms with E-state index >= 15 is 0 Å². The van der Waals surface area contributed by atoms with E-state index in [1.54, 1.807) is 26.2 Å². The molecular formula is C26H32F3NO3. The minimum atomic E-state index is -4.70. The number of hydrogen-bond donors (Lipinski definition) is 1. The molecule has 4 nitrogen and oxygen atoms in total. The summed E-state index contributed by atoms with van der Waals surface area (Å²) >= 11 is 0. The Morgan fingerprint density at radius 1 is 1.09 bits per heavy atom. The van der Waals surface area contributed by atoms with Gasteiger partial charge >= 0.3 is 6.18 Å². The van der Waals surface area contributed by atoms with E-state index < -0.39 is 23.6 Å². The van der Waals surface area contributed by atoms with E-state index in [-0.39, 0.29) is 12.6 Å². The van der Waals surface area contributed by atoms with Crippen LogP contribution in [0, 0.1) is 5.41 Å². The summed E-state index contributed by atoms with van der Waals surface area (Å²) in [6.07, 6.45) is -2.89. The SMILES string of the molecule is COc1ccc([C@@H]2CN(Cc3ccccc3)C[C@@]2(C)[C@@H](O)C(F)(F)F)cc1OC1CCCC1. The number of halogens is 3. The van der Waals surface area contributed by atoms with Gasteiger partial charge in [-0.1, -0.05) is 43.3 Å². The third-order valence-electron chi connectivity index (χ3n) is 7.17. The second kappa shape index (κ2) is 9.55. The van der Waals surface area contributed by atoms with Crippen molar-refractivity contribution in [3.05, 3.63) is 59.7 Å². The molecule has 3 atom stereocenters. The van der Waals surface area contributed by atoms with Crippen LogP contribution in [0.1, 0.15) is 49.7 Å². The summed E-state index contributed by atoms with van der Waals surface area (Å²) in [6.45, 7) is 2.62. The quantitative estimate of drug-likeness (QED) is 0.585. The maximum Gasteiger partial charge on any atom is 0.414 e. The van der Waals surface area contributed by atoms with Gasteiger partial charge in [-0.15, -0.1) is 0 Å². The Morgan fingerprint density at radius 2 is 1.79 bits per heavy atom. The molecule has 4 rings (SSSR count). The molecule has 0 bridgehead atoms. The number of nitrogens with zero attached hydrogens (tertiary/aromatic N) is 1. The van der Waals surface area contributed by atoms with Crippen molar-refractivity contribution in [2.45, 2.75) is 63.5 Å². The van der Waals surface area contributed by atoms with Gasteiger partial charge in [0.25, 0.3) is 0 Å². The summed E-state index contributed by atoms with van der Waals surface area (Å²) in [5, 5.41) is 10.5. The molecule has 33 heavy (non-hydrogen) atoms. The lowest BCUT2D eigenvalue weighted by Gasteiger charge is -2.37. The van der Waals surface area contributed by atoms with Gasteiger partial charge in [0.2, 0.25) is 0 Å². The molecule has 0 unspecified atom stereocenters. The summed E-state index contributed by atoms with van der Waals surface area (Å²) in [5.74, 6) is 0.616. The second-order valence-corrected chi connectivity index (χ2v) is 9.59. The monoisotopic (exact) mass is 463 g/mol. The minimum absolute atomic E-state index is 0.0967. The molecule has 1 saturated carbocycles. The van der Waals surface area contributed by atoms with Crippen molar-refractivity contribution in [3.8, 4) is 11.5 Å². The first-order valence-corrected chi connectivity index (χ1v) is 11.6. The van der Waals surface area contributed by atoms with Gasteiger partial charge in [0, 0.05) is 31.0 Å². The van der Waals surface area contributed by atoms with E-state index in [0.717, 1.165) is 36.8 Å². The number of hydrogen-bond acceptors (Lipinski definition) is 4. The number of benzene rings is 2. The third kappa shape index (κ3) is 5.14. The number of aliphatic hydroxyl groups excluding tert-OH is 1. The zero-order chi connectivity index (χ0) is 23.6. The van der Waals surface area contributed by atoms with Crippen molar-refractivity contribution in [3.63, 3.8) is 0 Å². The molecule has 1 saturated heterocycles. The zero-order valence-corrected chi connectivity index (χ0v) is 19.1. The number of alkyl halides is 3. The standard InChI is InChI=1S/C26H32F3NO3/c1-25(24(31)26(27,28)29)17-30(15-18-8-4-3-5-9-18)16-21(25)19-12-13-22(32-2)23(14-19)33-20-10-6-7-11-20/h3-5,8-9,12-14,20-21,24,31H,6-7,10-11,15-17H2,1-2H3/t21-,24+,25+/m0/s1. The highest BCUT2D eigenvalue weighted by atomic mass is 19.4. The fraction of sp³-hybridized carbons (Fsp3) is 0.538. The summed E-state index contributed by atoms with van der Waals surface area (Å²) in [6, 6.07) is 15.1. The Balaban J connectivity index is 1.66. The highest BCUT2D eigenvalue weighted by Gasteiger charge is 2.57. The predicted octanol–water partition coefficient (Wildman–Crippen LogP) is 5.55. The molecule has 1 N–H and O–H groups in total. The zero-order valence-electron chi connectivity index (χ0n) is 19.1. The molecular weight excluding hydrogens is 431 g/mol. The van der Waals surface area contributed by atoms with E-state index in [2.05, 4.69) is 0 Å². The summed E-state index contributed by atoms with van der Waals surface area (Å²) < 4.78 is 52.9. The highest BCUT2D eigenvalue weighted by Crippen LogP contribution is 2.50. The van der Waals surface area contributed by atoms with Crippen LogP contribution >= 0.6 is 0 Å². The first kappa shape index (κ1) is 23.9. The predicted molar refractivity (Wildman–Crippen MR) is 121 cm³/mol. The Bertz CT molecular complexity index is 930. The van der Waals surface area contributed by atoms with Crippen LogP contribution in [0.25, 0.3) is 0 Å². The van der Waals surface area contributed by atoms with Gasteiger partial charge in [0.1, 0.15) is 0 Å². The molecule has 2 aliphatic rings. The first-order valence-electron chi connectivity index (χ1n) is 11.6. The van der Waals surface area contributed by atoms with Gasteiger partial charge in [-0.3, -0.25) is 4.90 Å². The molecule has 1 aliphatic heterocycles. The van der Waals surface area contributed by atoms with Gasteiger partial charge in [-0.25, -0.2) is 0 Å². The molecule has 2 fully saturated rings. The average molecular weight is 464 g/mol. The number of methoxy groups -OCH3 is 1. The van der Waals surface area contributed by atoms with Crippen LogP contribution in [0.3, 0.4) is 0 Å². The maximum atomic E-state index is 13.7.